The third-order valence-corrected chi connectivity index (χ3v) is 4.47. The van der Waals surface area contributed by atoms with Crippen LogP contribution in [0.25, 0.3) is 0 Å². The lowest BCUT2D eigenvalue weighted by Crippen LogP contribution is -2.45. The first-order valence-electron chi connectivity index (χ1n) is 8.67. The van der Waals surface area contributed by atoms with Crippen molar-refractivity contribution in [1.29, 1.82) is 0 Å². The summed E-state index contributed by atoms with van der Waals surface area (Å²) < 4.78 is 5.33. The van der Waals surface area contributed by atoms with E-state index in [9.17, 15) is 4.79 Å². The minimum Gasteiger partial charge on any atom is -0.366 e. The molecule has 0 aliphatic carbocycles. The van der Waals surface area contributed by atoms with Crippen LogP contribution < -0.4 is 5.73 Å². The Balaban J connectivity index is 1.47. The van der Waals surface area contributed by atoms with Gasteiger partial charge >= 0.3 is 0 Å². The molecule has 2 aromatic rings. The van der Waals surface area contributed by atoms with Crippen molar-refractivity contribution >= 4 is 5.91 Å². The molecule has 1 aromatic carbocycles. The molecule has 134 valence electrons. The molecule has 0 bridgehead atoms. The van der Waals surface area contributed by atoms with Crippen LogP contribution in [-0.4, -0.2) is 52.0 Å². The van der Waals surface area contributed by atoms with Gasteiger partial charge in [-0.15, -0.1) is 0 Å². The van der Waals surface area contributed by atoms with Crippen molar-refractivity contribution in [3.8, 4) is 0 Å². The zero-order chi connectivity index (χ0) is 17.8. The Bertz CT molecular complexity index is 703. The fourth-order valence-corrected chi connectivity index (χ4v) is 2.90. The SMILES string of the molecule is CC(C)c1noc(CN2CCN(Cc3ccc(C(N)=O)cc3)CC2)n1. The number of nitrogens with zero attached hydrogens (tertiary/aromatic N) is 4. The van der Waals surface area contributed by atoms with E-state index in [4.69, 9.17) is 10.3 Å². The number of piperazine rings is 1. The monoisotopic (exact) mass is 343 g/mol. The lowest BCUT2D eigenvalue weighted by atomic mass is 10.1. The van der Waals surface area contributed by atoms with Crippen LogP contribution in [0.15, 0.2) is 28.8 Å². The van der Waals surface area contributed by atoms with Gasteiger partial charge in [0.1, 0.15) is 0 Å². The maximum absolute atomic E-state index is 11.1. The molecule has 2 N–H and O–H groups in total. The van der Waals surface area contributed by atoms with Crippen LogP contribution in [-0.2, 0) is 13.1 Å². The summed E-state index contributed by atoms with van der Waals surface area (Å²) in [4.78, 5) is 20.3. The summed E-state index contributed by atoms with van der Waals surface area (Å²) in [6, 6.07) is 7.52. The fraction of sp³-hybridized carbons (Fsp3) is 0.500. The molecule has 2 heterocycles. The van der Waals surface area contributed by atoms with Crippen molar-refractivity contribution < 1.29 is 9.32 Å². The lowest BCUT2D eigenvalue weighted by molar-refractivity contribution is 0.1000. The molecule has 7 heteroatoms. The van der Waals surface area contributed by atoms with E-state index >= 15 is 0 Å². The normalized spacial score (nSPS) is 16.4. The summed E-state index contributed by atoms with van der Waals surface area (Å²) in [6.07, 6.45) is 0. The number of aromatic nitrogens is 2. The number of carbonyl (C=O) groups excluding carboxylic acids is 1. The molecule has 1 aliphatic heterocycles. The lowest BCUT2D eigenvalue weighted by Gasteiger charge is -2.33. The first kappa shape index (κ1) is 17.6. The Morgan fingerprint density at radius 1 is 1.12 bits per heavy atom. The molecule has 1 saturated heterocycles. The van der Waals surface area contributed by atoms with Crippen LogP contribution in [0.5, 0.6) is 0 Å². The van der Waals surface area contributed by atoms with Crippen molar-refractivity contribution in [3.05, 3.63) is 47.1 Å². The van der Waals surface area contributed by atoms with E-state index in [0.29, 0.717) is 18.0 Å². The minimum absolute atomic E-state index is 0.287. The summed E-state index contributed by atoms with van der Waals surface area (Å²) in [5.74, 6) is 1.37. The smallest absolute Gasteiger partial charge is 0.248 e. The maximum atomic E-state index is 11.1. The second-order valence-corrected chi connectivity index (χ2v) is 6.81. The third-order valence-electron chi connectivity index (χ3n) is 4.47. The van der Waals surface area contributed by atoms with Crippen molar-refractivity contribution in [2.75, 3.05) is 26.2 Å². The molecule has 0 spiro atoms. The van der Waals surface area contributed by atoms with Gasteiger partial charge in [0.25, 0.3) is 0 Å². The van der Waals surface area contributed by atoms with Crippen LogP contribution in [0.1, 0.15) is 47.4 Å². The van der Waals surface area contributed by atoms with E-state index < -0.39 is 0 Å². The van der Waals surface area contributed by atoms with Gasteiger partial charge in [0, 0.05) is 44.2 Å². The Morgan fingerprint density at radius 2 is 1.72 bits per heavy atom. The zero-order valence-corrected chi connectivity index (χ0v) is 14.8. The molecule has 0 unspecified atom stereocenters. The molecule has 3 rings (SSSR count). The van der Waals surface area contributed by atoms with Gasteiger partial charge in [-0.25, -0.2) is 0 Å². The molecular weight excluding hydrogens is 318 g/mol. The predicted molar refractivity (Wildman–Crippen MR) is 93.9 cm³/mol. The summed E-state index contributed by atoms with van der Waals surface area (Å²) in [5.41, 5.74) is 7.01. The number of hydrogen-bond acceptors (Lipinski definition) is 6. The molecule has 1 aliphatic rings. The number of amides is 1. The summed E-state index contributed by atoms with van der Waals surface area (Å²) in [7, 11) is 0. The first-order valence-corrected chi connectivity index (χ1v) is 8.67. The van der Waals surface area contributed by atoms with E-state index in [-0.39, 0.29) is 11.8 Å². The molecule has 25 heavy (non-hydrogen) atoms. The van der Waals surface area contributed by atoms with Crippen molar-refractivity contribution in [1.82, 2.24) is 19.9 Å². The van der Waals surface area contributed by atoms with E-state index in [0.717, 1.165) is 38.5 Å². The van der Waals surface area contributed by atoms with Gasteiger partial charge in [0.05, 0.1) is 6.54 Å². The Hall–Kier alpha value is -2.25. The van der Waals surface area contributed by atoms with E-state index in [2.05, 4.69) is 33.8 Å². The Labute approximate surface area is 147 Å². The zero-order valence-electron chi connectivity index (χ0n) is 14.8. The van der Waals surface area contributed by atoms with Crippen molar-refractivity contribution in [2.45, 2.75) is 32.9 Å². The Morgan fingerprint density at radius 3 is 2.24 bits per heavy atom. The van der Waals surface area contributed by atoms with Gasteiger partial charge in [0.2, 0.25) is 11.8 Å². The second-order valence-electron chi connectivity index (χ2n) is 6.81. The van der Waals surface area contributed by atoms with Crippen molar-refractivity contribution in [2.24, 2.45) is 5.73 Å². The molecule has 0 atom stereocenters. The van der Waals surface area contributed by atoms with Gasteiger partial charge in [-0.2, -0.15) is 4.98 Å². The molecular formula is C18H25N5O2. The quantitative estimate of drug-likeness (QED) is 0.857. The third kappa shape index (κ3) is 4.64. The van der Waals surface area contributed by atoms with Crippen LogP contribution in [0.2, 0.25) is 0 Å². The highest BCUT2D eigenvalue weighted by atomic mass is 16.5. The van der Waals surface area contributed by atoms with E-state index in [1.807, 2.05) is 12.1 Å². The molecule has 7 nitrogen and oxygen atoms in total. The van der Waals surface area contributed by atoms with Crippen LogP contribution in [0, 0.1) is 0 Å². The summed E-state index contributed by atoms with van der Waals surface area (Å²) in [5, 5.41) is 4.02. The summed E-state index contributed by atoms with van der Waals surface area (Å²) >= 11 is 0. The number of nitrogens with two attached hydrogens (primary N) is 1. The average Bonchev–Trinajstić information content (AvgIpc) is 3.06. The molecule has 1 amide bonds. The van der Waals surface area contributed by atoms with Gasteiger partial charge < -0.3 is 10.3 Å². The van der Waals surface area contributed by atoms with Crippen LogP contribution in [0.4, 0.5) is 0 Å². The fourth-order valence-electron chi connectivity index (χ4n) is 2.90. The molecule has 0 saturated carbocycles. The standard InChI is InChI=1S/C18H25N5O2/c1-13(2)18-20-16(25-21-18)12-23-9-7-22(8-10-23)11-14-3-5-15(6-4-14)17(19)24/h3-6,13H,7-12H2,1-2H3,(H2,19,24). The molecule has 1 fully saturated rings. The van der Waals surface area contributed by atoms with E-state index in [1.165, 1.54) is 5.56 Å². The minimum atomic E-state index is -0.387. The number of benzene rings is 1. The maximum Gasteiger partial charge on any atom is 0.248 e. The highest BCUT2D eigenvalue weighted by molar-refractivity contribution is 5.92. The molecule has 1 aromatic heterocycles. The number of carbonyl (C=O) groups is 1. The molecule has 0 radical (unpaired) electrons. The van der Waals surface area contributed by atoms with Crippen LogP contribution in [0.3, 0.4) is 0 Å². The topological polar surface area (TPSA) is 88.5 Å². The van der Waals surface area contributed by atoms with Gasteiger partial charge in [0.15, 0.2) is 5.82 Å². The highest BCUT2D eigenvalue weighted by Crippen LogP contribution is 2.14. The number of hydrogen-bond donors (Lipinski definition) is 1. The average molecular weight is 343 g/mol. The van der Waals surface area contributed by atoms with E-state index in [1.54, 1.807) is 12.1 Å². The Kier molecular flexibility index (Phi) is 5.45. The van der Waals surface area contributed by atoms with Crippen molar-refractivity contribution in [3.63, 3.8) is 0 Å². The largest absolute Gasteiger partial charge is 0.366 e. The first-order chi connectivity index (χ1) is 12.0. The predicted octanol–water partition coefficient (Wildman–Crippen LogP) is 1.61. The number of rotatable bonds is 6. The van der Waals surface area contributed by atoms with Gasteiger partial charge in [-0.1, -0.05) is 31.1 Å². The van der Waals surface area contributed by atoms with Gasteiger partial charge in [-0.05, 0) is 17.7 Å². The highest BCUT2D eigenvalue weighted by Gasteiger charge is 2.19. The number of primary amides is 1. The second kappa shape index (κ2) is 7.76. The van der Waals surface area contributed by atoms with Gasteiger partial charge in [-0.3, -0.25) is 14.6 Å². The summed E-state index contributed by atoms with van der Waals surface area (Å²) in [6.45, 7) is 9.63. The van der Waals surface area contributed by atoms with Crippen LogP contribution >= 0.6 is 0 Å².